The van der Waals surface area contributed by atoms with Gasteiger partial charge in [0.05, 0.1) is 6.54 Å². The fraction of sp³-hybridized carbons (Fsp3) is 0.250. The topological polar surface area (TPSA) is 61.4 Å². The van der Waals surface area contributed by atoms with Crippen LogP contribution in [-0.2, 0) is 4.79 Å². The van der Waals surface area contributed by atoms with Gasteiger partial charge in [0.15, 0.2) is 0 Å². The number of benzene rings is 3. The number of hydrogen-bond donors (Lipinski definition) is 2. The van der Waals surface area contributed by atoms with Crippen molar-refractivity contribution in [2.75, 3.05) is 25.0 Å². The Balaban J connectivity index is 1.26. The average molecular weight is 405 g/mol. The molecule has 4 rings (SSSR count). The van der Waals surface area contributed by atoms with E-state index in [0.29, 0.717) is 12.1 Å². The van der Waals surface area contributed by atoms with Crippen LogP contribution < -0.4 is 10.6 Å². The van der Waals surface area contributed by atoms with Crippen molar-refractivity contribution in [3.63, 3.8) is 0 Å². The Hall–Kier alpha value is -3.25. The average Bonchev–Trinajstić information content (AvgIpc) is 2.76. The molecule has 5 nitrogen and oxygen atoms in total. The van der Waals surface area contributed by atoms with E-state index in [1.807, 2.05) is 42.5 Å². The van der Waals surface area contributed by atoms with E-state index < -0.39 is 0 Å². The number of carbonyl (C=O) groups excluding carboxylic acids is 2. The molecule has 2 N–H and O–H groups in total. The molecule has 154 valence electrons. The van der Waals surface area contributed by atoms with Crippen molar-refractivity contribution in [2.45, 2.75) is 18.9 Å². The van der Waals surface area contributed by atoms with E-state index >= 15 is 0 Å². The molecule has 1 fully saturated rings. The second-order valence-corrected chi connectivity index (χ2v) is 7.61. The Morgan fingerprint density at radius 2 is 1.63 bits per heavy atom. The quantitative estimate of drug-likeness (QED) is 0.679. The number of piperidine rings is 1. The lowest BCUT2D eigenvalue weighted by Crippen LogP contribution is -2.46. The molecule has 0 bridgehead atoms. The third-order valence-corrected chi connectivity index (χ3v) is 5.46. The van der Waals surface area contributed by atoms with Gasteiger partial charge in [-0.1, -0.05) is 36.4 Å². The maximum Gasteiger partial charge on any atom is 0.251 e. The van der Waals surface area contributed by atoms with Gasteiger partial charge >= 0.3 is 0 Å². The highest BCUT2D eigenvalue weighted by atomic mass is 19.1. The summed E-state index contributed by atoms with van der Waals surface area (Å²) in [4.78, 5) is 26.9. The number of carbonyl (C=O) groups is 2. The summed E-state index contributed by atoms with van der Waals surface area (Å²) in [5.41, 5.74) is 1.27. The number of anilines is 1. The summed E-state index contributed by atoms with van der Waals surface area (Å²) in [6.45, 7) is 1.79. The second-order valence-electron chi connectivity index (χ2n) is 7.61. The predicted molar refractivity (Wildman–Crippen MR) is 116 cm³/mol. The van der Waals surface area contributed by atoms with Crippen molar-refractivity contribution in [3.05, 3.63) is 78.1 Å². The zero-order valence-corrected chi connectivity index (χ0v) is 16.6. The van der Waals surface area contributed by atoms with Gasteiger partial charge < -0.3 is 10.6 Å². The number of halogens is 1. The Bertz CT molecular complexity index is 1040. The molecule has 3 aromatic carbocycles. The summed E-state index contributed by atoms with van der Waals surface area (Å²) in [7, 11) is 0. The van der Waals surface area contributed by atoms with Crippen molar-refractivity contribution in [3.8, 4) is 0 Å². The van der Waals surface area contributed by atoms with Crippen molar-refractivity contribution >= 4 is 28.3 Å². The molecular formula is C24H24FN3O2. The summed E-state index contributed by atoms with van der Waals surface area (Å²) in [5.74, 6) is -0.594. The number of nitrogens with zero attached hydrogens (tertiary/aromatic N) is 1. The lowest BCUT2D eigenvalue weighted by Gasteiger charge is -2.31. The molecule has 0 aromatic heterocycles. The van der Waals surface area contributed by atoms with Gasteiger partial charge in [0.1, 0.15) is 5.82 Å². The molecule has 0 radical (unpaired) electrons. The molecular weight excluding hydrogens is 381 g/mol. The molecule has 0 saturated carbocycles. The van der Waals surface area contributed by atoms with Crippen LogP contribution in [0, 0.1) is 5.82 Å². The second kappa shape index (κ2) is 9.05. The minimum Gasteiger partial charge on any atom is -0.349 e. The summed E-state index contributed by atoms with van der Waals surface area (Å²) >= 11 is 0. The molecule has 2 amide bonds. The van der Waals surface area contributed by atoms with Crippen molar-refractivity contribution in [2.24, 2.45) is 0 Å². The van der Waals surface area contributed by atoms with Gasteiger partial charge in [-0.25, -0.2) is 4.39 Å². The number of fused-ring (bicyclic) bond motifs is 1. The van der Waals surface area contributed by atoms with E-state index in [1.54, 1.807) is 0 Å². The van der Waals surface area contributed by atoms with Crippen LogP contribution in [-0.4, -0.2) is 42.4 Å². The molecule has 1 heterocycles. The lowest BCUT2D eigenvalue weighted by molar-refractivity contribution is -0.117. The highest BCUT2D eigenvalue weighted by molar-refractivity contribution is 6.02. The zero-order valence-electron chi connectivity index (χ0n) is 16.6. The number of rotatable bonds is 5. The molecule has 1 saturated heterocycles. The third-order valence-electron chi connectivity index (χ3n) is 5.46. The van der Waals surface area contributed by atoms with Gasteiger partial charge in [-0.2, -0.15) is 0 Å². The Morgan fingerprint density at radius 3 is 2.40 bits per heavy atom. The summed E-state index contributed by atoms with van der Waals surface area (Å²) in [6.07, 6.45) is 1.54. The first kappa shape index (κ1) is 20.0. The Kier molecular flexibility index (Phi) is 6.05. The first-order valence-electron chi connectivity index (χ1n) is 10.1. The van der Waals surface area contributed by atoms with E-state index in [0.717, 1.165) is 42.4 Å². The van der Waals surface area contributed by atoms with Crippen molar-refractivity contribution < 1.29 is 14.0 Å². The minimum absolute atomic E-state index is 0.0415. The first-order chi connectivity index (χ1) is 14.6. The van der Waals surface area contributed by atoms with Crippen LogP contribution in [0.15, 0.2) is 66.7 Å². The predicted octanol–water partition coefficient (Wildman–Crippen LogP) is 3.81. The van der Waals surface area contributed by atoms with E-state index in [2.05, 4.69) is 15.5 Å². The van der Waals surface area contributed by atoms with E-state index in [4.69, 9.17) is 0 Å². The van der Waals surface area contributed by atoms with Crippen molar-refractivity contribution in [1.29, 1.82) is 0 Å². The lowest BCUT2D eigenvalue weighted by atomic mass is 10.0. The van der Waals surface area contributed by atoms with Crippen molar-refractivity contribution in [1.82, 2.24) is 10.2 Å². The molecule has 30 heavy (non-hydrogen) atoms. The van der Waals surface area contributed by atoms with Crippen LogP contribution in [0.5, 0.6) is 0 Å². The molecule has 0 spiro atoms. The smallest absolute Gasteiger partial charge is 0.251 e. The SMILES string of the molecule is O=C(CN1CCC(NC(=O)c2ccc(F)cc2)CC1)Nc1cccc2ccccc12. The van der Waals surface area contributed by atoms with E-state index in [1.165, 1.54) is 24.3 Å². The first-order valence-corrected chi connectivity index (χ1v) is 10.1. The molecule has 1 aliphatic rings. The molecule has 0 atom stereocenters. The number of amides is 2. The Morgan fingerprint density at radius 1 is 0.933 bits per heavy atom. The molecule has 3 aromatic rings. The monoisotopic (exact) mass is 405 g/mol. The zero-order chi connectivity index (χ0) is 20.9. The van der Waals surface area contributed by atoms with Gasteiger partial charge in [0.2, 0.25) is 5.91 Å². The third kappa shape index (κ3) is 4.83. The normalized spacial score (nSPS) is 15.1. The van der Waals surface area contributed by atoms with Gasteiger partial charge in [-0.3, -0.25) is 14.5 Å². The van der Waals surface area contributed by atoms with Crippen LogP contribution in [0.2, 0.25) is 0 Å². The van der Waals surface area contributed by atoms with Gasteiger partial charge in [0.25, 0.3) is 5.91 Å². The fourth-order valence-corrected chi connectivity index (χ4v) is 3.83. The standard InChI is InChI=1S/C24H24FN3O2/c25-19-10-8-18(9-11-19)24(30)26-20-12-14-28(15-13-20)16-23(29)27-22-7-3-5-17-4-1-2-6-21(17)22/h1-11,20H,12-16H2,(H,26,30)(H,27,29). The highest BCUT2D eigenvalue weighted by Gasteiger charge is 2.22. The fourth-order valence-electron chi connectivity index (χ4n) is 3.83. The largest absolute Gasteiger partial charge is 0.349 e. The maximum absolute atomic E-state index is 13.0. The van der Waals surface area contributed by atoms with E-state index in [9.17, 15) is 14.0 Å². The van der Waals surface area contributed by atoms with Gasteiger partial charge in [-0.05, 0) is 48.6 Å². The summed E-state index contributed by atoms with van der Waals surface area (Å²) in [6, 6.07) is 19.4. The minimum atomic E-state index is -0.360. The van der Waals surface area contributed by atoms with Gasteiger partial charge in [0, 0.05) is 35.8 Å². The van der Waals surface area contributed by atoms with Crippen LogP contribution in [0.25, 0.3) is 10.8 Å². The number of likely N-dealkylation sites (tertiary alicyclic amines) is 1. The van der Waals surface area contributed by atoms with Crippen LogP contribution >= 0.6 is 0 Å². The molecule has 6 heteroatoms. The van der Waals surface area contributed by atoms with Crippen LogP contribution in [0.4, 0.5) is 10.1 Å². The summed E-state index contributed by atoms with van der Waals surface area (Å²) < 4.78 is 13.0. The van der Waals surface area contributed by atoms with Crippen LogP contribution in [0.1, 0.15) is 23.2 Å². The molecule has 0 unspecified atom stereocenters. The summed E-state index contributed by atoms with van der Waals surface area (Å²) in [5, 5.41) is 8.13. The van der Waals surface area contributed by atoms with Crippen LogP contribution in [0.3, 0.4) is 0 Å². The maximum atomic E-state index is 13.0. The molecule has 1 aliphatic heterocycles. The van der Waals surface area contributed by atoms with Gasteiger partial charge in [-0.15, -0.1) is 0 Å². The number of nitrogens with one attached hydrogen (secondary N) is 2. The Labute approximate surface area is 174 Å². The molecule has 0 aliphatic carbocycles. The number of hydrogen-bond acceptors (Lipinski definition) is 3. The highest BCUT2D eigenvalue weighted by Crippen LogP contribution is 2.23. The van der Waals surface area contributed by atoms with E-state index in [-0.39, 0.29) is 23.7 Å².